The van der Waals surface area contributed by atoms with Gasteiger partial charge in [-0.05, 0) is 32.7 Å². The number of carbonyl (C=O) groups is 1. The monoisotopic (exact) mass is 228 g/mol. The molecule has 0 aromatic rings. The minimum Gasteiger partial charge on any atom is -0.354 e. The summed E-state index contributed by atoms with van der Waals surface area (Å²) in [5.41, 5.74) is 5.40. The molecule has 0 fully saturated rings. The maximum absolute atomic E-state index is 11.5. The molecule has 16 heavy (non-hydrogen) atoms. The predicted molar refractivity (Wildman–Crippen MR) is 69.3 cm³/mol. The van der Waals surface area contributed by atoms with Crippen molar-refractivity contribution in [2.24, 2.45) is 5.73 Å². The Morgan fingerprint density at radius 1 is 1.19 bits per heavy atom. The lowest BCUT2D eigenvalue weighted by molar-refractivity contribution is -0.121. The molecule has 0 aromatic carbocycles. The highest BCUT2D eigenvalue weighted by Crippen LogP contribution is 2.04. The van der Waals surface area contributed by atoms with Gasteiger partial charge in [-0.3, -0.25) is 4.79 Å². The van der Waals surface area contributed by atoms with Crippen molar-refractivity contribution in [3.05, 3.63) is 0 Å². The number of hydrogen-bond acceptors (Lipinski definition) is 2. The van der Waals surface area contributed by atoms with E-state index in [1.165, 1.54) is 12.8 Å². The largest absolute Gasteiger partial charge is 0.354 e. The third-order valence-corrected chi connectivity index (χ3v) is 2.76. The Morgan fingerprint density at radius 3 is 2.50 bits per heavy atom. The molecule has 0 spiro atoms. The van der Waals surface area contributed by atoms with Crippen LogP contribution in [0.15, 0.2) is 0 Å². The number of nitrogens with one attached hydrogen (secondary N) is 1. The molecule has 0 heterocycles. The molecule has 96 valence electrons. The molecule has 0 aliphatic heterocycles. The van der Waals surface area contributed by atoms with Crippen LogP contribution >= 0.6 is 0 Å². The van der Waals surface area contributed by atoms with Crippen LogP contribution in [0.1, 0.15) is 65.2 Å². The summed E-state index contributed by atoms with van der Waals surface area (Å²) in [5, 5.41) is 3.04. The van der Waals surface area contributed by atoms with E-state index in [0.29, 0.717) is 12.5 Å². The Hall–Kier alpha value is -0.570. The highest BCUT2D eigenvalue weighted by atomic mass is 16.1. The van der Waals surface area contributed by atoms with Crippen molar-refractivity contribution >= 4 is 5.91 Å². The summed E-state index contributed by atoms with van der Waals surface area (Å²) in [6, 6.07) is 0.330. The minimum absolute atomic E-state index is 0.205. The molecule has 0 saturated heterocycles. The first kappa shape index (κ1) is 15.4. The molecule has 0 saturated carbocycles. The SMILES string of the molecule is CCCCC(C)NC(=O)CCCCCCN. The quantitative estimate of drug-likeness (QED) is 0.565. The van der Waals surface area contributed by atoms with Gasteiger partial charge in [-0.15, -0.1) is 0 Å². The van der Waals surface area contributed by atoms with Gasteiger partial charge in [0.15, 0.2) is 0 Å². The van der Waals surface area contributed by atoms with Crippen LogP contribution in [0.3, 0.4) is 0 Å². The summed E-state index contributed by atoms with van der Waals surface area (Å²) in [4.78, 5) is 11.5. The van der Waals surface area contributed by atoms with Gasteiger partial charge in [0, 0.05) is 12.5 Å². The lowest BCUT2D eigenvalue weighted by atomic mass is 10.1. The summed E-state index contributed by atoms with van der Waals surface area (Å²) in [7, 11) is 0. The molecule has 0 aliphatic rings. The minimum atomic E-state index is 0.205. The standard InChI is InChI=1S/C13H28N2O/c1-3-4-9-12(2)15-13(16)10-7-5-6-8-11-14/h12H,3-11,14H2,1-2H3,(H,15,16). The smallest absolute Gasteiger partial charge is 0.220 e. The Balaban J connectivity index is 3.36. The predicted octanol–water partition coefficient (Wildman–Crippen LogP) is 2.59. The number of carbonyl (C=O) groups excluding carboxylic acids is 1. The zero-order chi connectivity index (χ0) is 12.2. The van der Waals surface area contributed by atoms with E-state index in [2.05, 4.69) is 19.2 Å². The van der Waals surface area contributed by atoms with Crippen molar-refractivity contribution in [3.8, 4) is 0 Å². The normalized spacial score (nSPS) is 12.4. The molecule has 3 nitrogen and oxygen atoms in total. The van der Waals surface area contributed by atoms with Gasteiger partial charge in [0.1, 0.15) is 0 Å². The number of hydrogen-bond donors (Lipinski definition) is 2. The lowest BCUT2D eigenvalue weighted by Gasteiger charge is -2.13. The third-order valence-electron chi connectivity index (χ3n) is 2.76. The van der Waals surface area contributed by atoms with Gasteiger partial charge in [0.05, 0.1) is 0 Å². The molecule has 1 atom stereocenters. The van der Waals surface area contributed by atoms with E-state index in [9.17, 15) is 4.79 Å². The first-order chi connectivity index (χ1) is 7.70. The highest BCUT2D eigenvalue weighted by molar-refractivity contribution is 5.76. The summed E-state index contributed by atoms with van der Waals surface area (Å²) in [6.07, 6.45) is 8.48. The maximum atomic E-state index is 11.5. The fraction of sp³-hybridized carbons (Fsp3) is 0.923. The van der Waals surface area contributed by atoms with E-state index in [0.717, 1.165) is 38.6 Å². The molecule has 0 radical (unpaired) electrons. The molecule has 0 aliphatic carbocycles. The molecule has 3 N–H and O–H groups in total. The van der Waals surface area contributed by atoms with Crippen molar-refractivity contribution < 1.29 is 4.79 Å². The summed E-state index contributed by atoms with van der Waals surface area (Å²) >= 11 is 0. The average molecular weight is 228 g/mol. The Labute approximate surface area is 100 Å². The molecule has 3 heteroatoms. The molecular weight excluding hydrogens is 200 g/mol. The Kier molecular flexibility index (Phi) is 10.5. The molecule has 0 bridgehead atoms. The zero-order valence-electron chi connectivity index (χ0n) is 10.9. The first-order valence-corrected chi connectivity index (χ1v) is 6.70. The van der Waals surface area contributed by atoms with E-state index >= 15 is 0 Å². The second kappa shape index (κ2) is 10.9. The third kappa shape index (κ3) is 9.97. The summed E-state index contributed by atoms with van der Waals surface area (Å²) in [6.45, 7) is 5.02. The van der Waals surface area contributed by atoms with Gasteiger partial charge in [0.2, 0.25) is 5.91 Å². The van der Waals surface area contributed by atoms with Gasteiger partial charge in [-0.1, -0.05) is 32.6 Å². The average Bonchev–Trinajstić information content (AvgIpc) is 2.26. The topological polar surface area (TPSA) is 55.1 Å². The zero-order valence-corrected chi connectivity index (χ0v) is 10.9. The fourth-order valence-electron chi connectivity index (χ4n) is 1.71. The van der Waals surface area contributed by atoms with E-state index in [1.54, 1.807) is 0 Å². The lowest BCUT2D eigenvalue weighted by Crippen LogP contribution is -2.32. The Morgan fingerprint density at radius 2 is 1.88 bits per heavy atom. The van der Waals surface area contributed by atoms with Crippen molar-refractivity contribution in [2.75, 3.05) is 6.54 Å². The highest BCUT2D eigenvalue weighted by Gasteiger charge is 2.05. The van der Waals surface area contributed by atoms with Crippen molar-refractivity contribution in [1.82, 2.24) is 5.32 Å². The number of unbranched alkanes of at least 4 members (excludes halogenated alkanes) is 4. The van der Waals surface area contributed by atoms with Crippen LogP contribution in [-0.2, 0) is 4.79 Å². The van der Waals surface area contributed by atoms with Gasteiger partial charge in [-0.2, -0.15) is 0 Å². The van der Waals surface area contributed by atoms with Crippen LogP contribution in [0.4, 0.5) is 0 Å². The summed E-state index contributed by atoms with van der Waals surface area (Å²) < 4.78 is 0. The van der Waals surface area contributed by atoms with Gasteiger partial charge >= 0.3 is 0 Å². The van der Waals surface area contributed by atoms with Crippen LogP contribution in [0.2, 0.25) is 0 Å². The molecule has 1 unspecified atom stereocenters. The molecule has 1 amide bonds. The Bertz CT molecular complexity index is 171. The van der Waals surface area contributed by atoms with Crippen LogP contribution in [0.5, 0.6) is 0 Å². The van der Waals surface area contributed by atoms with Crippen molar-refractivity contribution in [3.63, 3.8) is 0 Å². The van der Waals surface area contributed by atoms with E-state index in [4.69, 9.17) is 5.73 Å². The van der Waals surface area contributed by atoms with Crippen LogP contribution in [0.25, 0.3) is 0 Å². The first-order valence-electron chi connectivity index (χ1n) is 6.70. The van der Waals surface area contributed by atoms with Gasteiger partial charge in [-0.25, -0.2) is 0 Å². The van der Waals surface area contributed by atoms with Crippen LogP contribution in [-0.4, -0.2) is 18.5 Å². The summed E-state index contributed by atoms with van der Waals surface area (Å²) in [5.74, 6) is 0.205. The second-order valence-electron chi connectivity index (χ2n) is 4.56. The molecular formula is C13H28N2O. The number of amides is 1. The maximum Gasteiger partial charge on any atom is 0.220 e. The van der Waals surface area contributed by atoms with Gasteiger partial charge in [0.25, 0.3) is 0 Å². The van der Waals surface area contributed by atoms with Crippen LogP contribution in [0, 0.1) is 0 Å². The van der Waals surface area contributed by atoms with E-state index in [-0.39, 0.29) is 5.91 Å². The van der Waals surface area contributed by atoms with Crippen molar-refractivity contribution in [2.45, 2.75) is 71.3 Å². The van der Waals surface area contributed by atoms with Gasteiger partial charge < -0.3 is 11.1 Å². The van der Waals surface area contributed by atoms with Crippen LogP contribution < -0.4 is 11.1 Å². The fourth-order valence-corrected chi connectivity index (χ4v) is 1.71. The second-order valence-corrected chi connectivity index (χ2v) is 4.56. The van der Waals surface area contributed by atoms with E-state index in [1.807, 2.05) is 0 Å². The number of nitrogens with two attached hydrogens (primary N) is 1. The molecule has 0 rings (SSSR count). The van der Waals surface area contributed by atoms with E-state index < -0.39 is 0 Å². The number of rotatable bonds is 10. The molecule has 0 aromatic heterocycles. The van der Waals surface area contributed by atoms with Crippen molar-refractivity contribution in [1.29, 1.82) is 0 Å².